The van der Waals surface area contributed by atoms with Gasteiger partial charge in [0.1, 0.15) is 12.0 Å². The van der Waals surface area contributed by atoms with E-state index >= 15 is 0 Å². The molecule has 0 radical (unpaired) electrons. The number of carbonyl (C=O) groups is 1. The molecule has 1 fully saturated rings. The van der Waals surface area contributed by atoms with Crippen molar-refractivity contribution in [2.75, 3.05) is 19.0 Å². The molecule has 1 aliphatic heterocycles. The van der Waals surface area contributed by atoms with Crippen molar-refractivity contribution in [3.05, 3.63) is 30.3 Å². The average molecular weight is 345 g/mol. The smallest absolute Gasteiger partial charge is 0.244 e. The predicted molar refractivity (Wildman–Crippen MR) is 86.0 cm³/mol. The van der Waals surface area contributed by atoms with Crippen LogP contribution in [0.5, 0.6) is 0 Å². The fraction of sp³-hybridized carbons (Fsp3) is 0.533. The zero-order chi connectivity index (χ0) is 16.3. The molecule has 22 heavy (non-hydrogen) atoms. The monoisotopic (exact) mass is 344 g/mol. The Morgan fingerprint density at radius 3 is 2.45 bits per heavy atom. The van der Waals surface area contributed by atoms with Gasteiger partial charge in [0.25, 0.3) is 0 Å². The van der Waals surface area contributed by atoms with Crippen LogP contribution in [0.3, 0.4) is 0 Å². The van der Waals surface area contributed by atoms with Crippen LogP contribution in [0.4, 0.5) is 0 Å². The first kappa shape index (κ1) is 17.2. The maximum absolute atomic E-state index is 12.9. The second kappa shape index (κ2) is 6.98. The number of rotatable bonds is 4. The quantitative estimate of drug-likeness (QED) is 0.786. The normalized spacial score (nSPS) is 20.4. The van der Waals surface area contributed by atoms with E-state index in [1.165, 1.54) is 4.31 Å². The molecule has 7 heteroatoms. The number of halogens is 1. The second-order valence-electron chi connectivity index (χ2n) is 5.66. The second-order valence-corrected chi connectivity index (χ2v) is 7.82. The summed E-state index contributed by atoms with van der Waals surface area (Å²) in [6, 6.07) is 8.33. The molecule has 1 unspecified atom stereocenters. The molecule has 1 aromatic rings. The summed E-state index contributed by atoms with van der Waals surface area (Å²) in [7, 11) is -3.63. The van der Waals surface area contributed by atoms with E-state index in [2.05, 4.69) is 0 Å². The van der Waals surface area contributed by atoms with Crippen LogP contribution in [0.15, 0.2) is 35.2 Å². The van der Waals surface area contributed by atoms with Crippen molar-refractivity contribution in [1.29, 1.82) is 0 Å². The number of amides is 1. The lowest BCUT2D eigenvalue weighted by Gasteiger charge is -2.44. The number of alkyl halides is 1. The maximum Gasteiger partial charge on any atom is 0.244 e. The highest BCUT2D eigenvalue weighted by molar-refractivity contribution is 7.89. The Labute approximate surface area is 136 Å². The highest BCUT2D eigenvalue weighted by atomic mass is 35.5. The zero-order valence-corrected chi connectivity index (χ0v) is 14.3. The Hall–Kier alpha value is -1.11. The summed E-state index contributed by atoms with van der Waals surface area (Å²) in [4.78, 5) is 13.9. The number of carbonyl (C=O) groups excluding carboxylic acids is 1. The van der Waals surface area contributed by atoms with Crippen molar-refractivity contribution in [2.24, 2.45) is 5.92 Å². The first-order valence-electron chi connectivity index (χ1n) is 7.32. The Balaban J connectivity index is 2.41. The Bertz CT molecular complexity index is 619. The molecule has 1 heterocycles. The van der Waals surface area contributed by atoms with Gasteiger partial charge in [0.15, 0.2) is 0 Å². The van der Waals surface area contributed by atoms with E-state index in [-0.39, 0.29) is 22.6 Å². The van der Waals surface area contributed by atoms with Crippen molar-refractivity contribution in [1.82, 2.24) is 9.21 Å². The molecular weight excluding hydrogens is 324 g/mol. The summed E-state index contributed by atoms with van der Waals surface area (Å²) in [6.07, 6.45) is 0.114. The first-order valence-corrected chi connectivity index (χ1v) is 9.29. The van der Waals surface area contributed by atoms with Crippen LogP contribution in [0.1, 0.15) is 20.3 Å². The molecule has 1 atom stereocenters. The summed E-state index contributed by atoms with van der Waals surface area (Å²) in [5, 5.41) is 0. The van der Waals surface area contributed by atoms with Crippen LogP contribution in [0, 0.1) is 5.92 Å². The van der Waals surface area contributed by atoms with Gasteiger partial charge in [-0.1, -0.05) is 32.0 Å². The van der Waals surface area contributed by atoms with Gasteiger partial charge in [-0.2, -0.15) is 4.31 Å². The molecule has 1 aromatic carbocycles. The fourth-order valence-electron chi connectivity index (χ4n) is 2.85. The highest BCUT2D eigenvalue weighted by Gasteiger charge is 2.40. The topological polar surface area (TPSA) is 57.7 Å². The van der Waals surface area contributed by atoms with E-state index in [0.717, 1.165) is 0 Å². The van der Waals surface area contributed by atoms with Crippen LogP contribution in [-0.4, -0.2) is 48.7 Å². The fourth-order valence-corrected chi connectivity index (χ4v) is 4.78. The number of hydrogen-bond acceptors (Lipinski definition) is 3. The van der Waals surface area contributed by atoms with Gasteiger partial charge in [0, 0.05) is 13.1 Å². The number of hydrogen-bond donors (Lipinski definition) is 0. The van der Waals surface area contributed by atoms with E-state index in [9.17, 15) is 13.2 Å². The molecule has 0 spiro atoms. The third-order valence-electron chi connectivity index (χ3n) is 3.77. The van der Waals surface area contributed by atoms with Crippen molar-refractivity contribution in [2.45, 2.75) is 31.3 Å². The molecule has 122 valence electrons. The van der Waals surface area contributed by atoms with Gasteiger partial charge in [-0.3, -0.25) is 4.79 Å². The Morgan fingerprint density at radius 2 is 1.91 bits per heavy atom. The van der Waals surface area contributed by atoms with Crippen LogP contribution >= 0.6 is 11.6 Å². The number of sulfonamides is 1. The van der Waals surface area contributed by atoms with Crippen LogP contribution in [-0.2, 0) is 14.8 Å². The van der Waals surface area contributed by atoms with Gasteiger partial charge in [-0.15, -0.1) is 11.6 Å². The molecular formula is C15H21ClN2O3S. The molecule has 0 saturated carbocycles. The third-order valence-corrected chi connectivity index (χ3v) is 5.89. The van der Waals surface area contributed by atoms with Crippen LogP contribution in [0.25, 0.3) is 0 Å². The van der Waals surface area contributed by atoms with Crippen molar-refractivity contribution < 1.29 is 13.2 Å². The minimum atomic E-state index is -3.63. The van der Waals surface area contributed by atoms with E-state index in [0.29, 0.717) is 19.5 Å². The Morgan fingerprint density at radius 1 is 1.27 bits per heavy atom. The molecule has 5 nitrogen and oxygen atoms in total. The molecule has 0 aliphatic carbocycles. The van der Waals surface area contributed by atoms with Gasteiger partial charge in [0.05, 0.1) is 4.90 Å². The molecule has 0 bridgehead atoms. The number of benzene rings is 1. The van der Waals surface area contributed by atoms with Gasteiger partial charge in [-0.25, -0.2) is 8.42 Å². The summed E-state index contributed by atoms with van der Waals surface area (Å²) in [5.74, 6) is -0.387. The lowest BCUT2D eigenvalue weighted by Crippen LogP contribution is -2.60. The summed E-state index contributed by atoms with van der Waals surface area (Å²) >= 11 is 5.68. The number of nitrogens with zero attached hydrogens (tertiary/aromatic N) is 2. The molecule has 1 saturated heterocycles. The van der Waals surface area contributed by atoms with Crippen molar-refractivity contribution >= 4 is 27.5 Å². The standard InChI is InChI=1S/C15H21ClN2O3S/c1-12(2)15-17(14(19)11-16)9-6-10-18(15)22(20,21)13-7-4-3-5-8-13/h3-5,7-8,12,15H,6,9-11H2,1-2H3. The third kappa shape index (κ3) is 3.29. The molecule has 0 N–H and O–H groups in total. The largest absolute Gasteiger partial charge is 0.325 e. The maximum atomic E-state index is 12.9. The minimum absolute atomic E-state index is 0.0223. The van der Waals surface area contributed by atoms with Gasteiger partial charge in [0.2, 0.25) is 15.9 Å². The SMILES string of the molecule is CC(C)C1N(C(=O)CCl)CCCN1S(=O)(=O)c1ccccc1. The molecule has 1 amide bonds. The lowest BCUT2D eigenvalue weighted by atomic mass is 10.1. The van der Waals surface area contributed by atoms with Crippen molar-refractivity contribution in [3.8, 4) is 0 Å². The minimum Gasteiger partial charge on any atom is -0.325 e. The van der Waals surface area contributed by atoms with E-state index < -0.39 is 16.2 Å². The molecule has 1 aliphatic rings. The summed E-state index contributed by atoms with van der Waals surface area (Å²) < 4.78 is 27.3. The van der Waals surface area contributed by atoms with Crippen LogP contribution in [0.2, 0.25) is 0 Å². The predicted octanol–water partition coefficient (Wildman–Crippen LogP) is 2.13. The van der Waals surface area contributed by atoms with Gasteiger partial charge >= 0.3 is 0 Å². The first-order chi connectivity index (χ1) is 10.4. The summed E-state index contributed by atoms with van der Waals surface area (Å²) in [5.41, 5.74) is 0. The van der Waals surface area contributed by atoms with Crippen molar-refractivity contribution in [3.63, 3.8) is 0 Å². The van der Waals surface area contributed by atoms with Gasteiger partial charge < -0.3 is 4.90 Å². The molecule has 2 rings (SSSR count). The van der Waals surface area contributed by atoms with E-state index in [1.807, 2.05) is 13.8 Å². The Kier molecular flexibility index (Phi) is 5.47. The van der Waals surface area contributed by atoms with E-state index in [4.69, 9.17) is 11.6 Å². The highest BCUT2D eigenvalue weighted by Crippen LogP contribution is 2.28. The van der Waals surface area contributed by atoms with Crippen LogP contribution < -0.4 is 0 Å². The van der Waals surface area contributed by atoms with E-state index in [1.54, 1.807) is 35.2 Å². The van der Waals surface area contributed by atoms with Gasteiger partial charge in [-0.05, 0) is 24.5 Å². The summed E-state index contributed by atoms with van der Waals surface area (Å²) in [6.45, 7) is 4.78. The molecule has 0 aromatic heterocycles. The zero-order valence-electron chi connectivity index (χ0n) is 12.8. The lowest BCUT2D eigenvalue weighted by molar-refractivity contribution is -0.137. The average Bonchev–Trinajstić information content (AvgIpc) is 2.54.